The predicted molar refractivity (Wildman–Crippen MR) is 124 cm³/mol. The van der Waals surface area contributed by atoms with Crippen molar-refractivity contribution >= 4 is 0 Å². The number of halogens is 1. The highest BCUT2D eigenvalue weighted by Crippen LogP contribution is 2.28. The monoisotopic (exact) mass is 444 g/mol. The molecule has 168 valence electrons. The first-order valence-electron chi connectivity index (χ1n) is 11.3. The van der Waals surface area contributed by atoms with Gasteiger partial charge >= 0.3 is 0 Å². The van der Waals surface area contributed by atoms with E-state index in [9.17, 15) is 4.39 Å². The van der Waals surface area contributed by atoms with Gasteiger partial charge in [0, 0.05) is 11.1 Å². The third-order valence-electron chi connectivity index (χ3n) is 5.80. The van der Waals surface area contributed by atoms with Crippen molar-refractivity contribution in [2.75, 3.05) is 0 Å². The van der Waals surface area contributed by atoms with Gasteiger partial charge in [0.15, 0.2) is 0 Å². The molecule has 0 bridgehead atoms. The Kier molecular flexibility index (Phi) is 6.33. The predicted octanol–water partition coefficient (Wildman–Crippen LogP) is 6.64. The summed E-state index contributed by atoms with van der Waals surface area (Å²) in [5.41, 5.74) is 2.73. The van der Waals surface area contributed by atoms with Crippen molar-refractivity contribution in [2.45, 2.75) is 44.6 Å². The van der Waals surface area contributed by atoms with Crippen molar-refractivity contribution in [3.8, 4) is 34.3 Å². The summed E-state index contributed by atoms with van der Waals surface area (Å²) in [6.45, 7) is 0.511. The maximum absolute atomic E-state index is 14.0. The summed E-state index contributed by atoms with van der Waals surface area (Å²) in [6, 6.07) is 25.0. The van der Waals surface area contributed by atoms with E-state index in [4.69, 9.17) is 14.0 Å². The fraction of sp³-hybridized carbons (Fsp3) is 0.259. The molecule has 1 aliphatic carbocycles. The molecule has 0 saturated heterocycles. The summed E-state index contributed by atoms with van der Waals surface area (Å²) in [4.78, 5) is 4.51. The van der Waals surface area contributed by atoms with Gasteiger partial charge < -0.3 is 14.0 Å². The van der Waals surface area contributed by atoms with E-state index in [2.05, 4.69) is 10.1 Å². The molecular weight excluding hydrogens is 419 g/mol. The number of nitrogens with zero attached hydrogens (tertiary/aromatic N) is 2. The van der Waals surface area contributed by atoms with Gasteiger partial charge in [-0.1, -0.05) is 41.9 Å². The minimum Gasteiger partial charge on any atom is -0.489 e. The molecule has 1 fully saturated rings. The number of ether oxygens (including phenoxy) is 2. The van der Waals surface area contributed by atoms with Gasteiger partial charge in [0.2, 0.25) is 5.82 Å². The molecule has 0 aliphatic heterocycles. The molecular formula is C27H25FN2O3. The highest BCUT2D eigenvalue weighted by Gasteiger charge is 2.26. The minimum atomic E-state index is -0.895. The average Bonchev–Trinajstić information content (AvgIpc) is 3.36. The highest BCUT2D eigenvalue weighted by atomic mass is 19.1. The Morgan fingerprint density at radius 2 is 1.52 bits per heavy atom. The summed E-state index contributed by atoms with van der Waals surface area (Å²) >= 11 is 0. The van der Waals surface area contributed by atoms with Crippen LogP contribution in [0, 0.1) is 0 Å². The largest absolute Gasteiger partial charge is 0.489 e. The summed E-state index contributed by atoms with van der Waals surface area (Å²) < 4.78 is 31.1. The van der Waals surface area contributed by atoms with E-state index in [-0.39, 0.29) is 6.10 Å². The zero-order valence-electron chi connectivity index (χ0n) is 18.2. The summed E-state index contributed by atoms with van der Waals surface area (Å²) in [7, 11) is 0. The van der Waals surface area contributed by atoms with Crippen molar-refractivity contribution in [1.82, 2.24) is 10.1 Å². The molecule has 0 spiro atoms. The van der Waals surface area contributed by atoms with Crippen LogP contribution in [0.4, 0.5) is 4.39 Å². The Hall–Kier alpha value is -3.67. The molecule has 6 heteroatoms. The molecule has 1 aromatic heterocycles. The zero-order valence-corrected chi connectivity index (χ0v) is 18.2. The molecule has 2 unspecified atom stereocenters. The highest BCUT2D eigenvalue weighted by molar-refractivity contribution is 5.61. The first-order chi connectivity index (χ1) is 16.2. The number of aromatic nitrogens is 2. The fourth-order valence-electron chi connectivity index (χ4n) is 3.93. The third kappa shape index (κ3) is 5.22. The van der Waals surface area contributed by atoms with Crippen molar-refractivity contribution in [1.29, 1.82) is 0 Å². The van der Waals surface area contributed by atoms with Crippen molar-refractivity contribution in [3.63, 3.8) is 0 Å². The Balaban J connectivity index is 1.21. The number of rotatable bonds is 7. The number of hydrogen-bond donors (Lipinski definition) is 0. The Morgan fingerprint density at radius 3 is 2.27 bits per heavy atom. The molecule has 1 saturated carbocycles. The normalized spacial score (nSPS) is 18.1. The molecule has 5 rings (SSSR count). The lowest BCUT2D eigenvalue weighted by Gasteiger charge is -2.26. The zero-order chi connectivity index (χ0) is 22.5. The van der Waals surface area contributed by atoms with E-state index in [1.165, 1.54) is 0 Å². The van der Waals surface area contributed by atoms with Gasteiger partial charge in [-0.3, -0.25) is 0 Å². The van der Waals surface area contributed by atoms with Gasteiger partial charge in [-0.15, -0.1) is 0 Å². The molecule has 4 aromatic rings. The van der Waals surface area contributed by atoms with Gasteiger partial charge in [-0.2, -0.15) is 4.98 Å². The minimum absolute atomic E-state index is 0.360. The lowest BCUT2D eigenvalue weighted by molar-refractivity contribution is 0.0638. The van der Waals surface area contributed by atoms with Crippen LogP contribution >= 0.6 is 0 Å². The topological polar surface area (TPSA) is 57.4 Å². The summed E-state index contributed by atoms with van der Waals surface area (Å²) in [6.07, 6.45) is 2.02. The fourth-order valence-corrected chi connectivity index (χ4v) is 3.93. The third-order valence-corrected chi connectivity index (χ3v) is 5.80. The molecule has 1 aliphatic rings. The van der Waals surface area contributed by atoms with Gasteiger partial charge in [-0.05, 0) is 73.4 Å². The number of benzene rings is 3. The van der Waals surface area contributed by atoms with Crippen LogP contribution in [-0.4, -0.2) is 22.4 Å². The maximum atomic E-state index is 14.0. The van der Waals surface area contributed by atoms with Gasteiger partial charge in [0.05, 0.1) is 0 Å². The molecule has 33 heavy (non-hydrogen) atoms. The molecule has 0 N–H and O–H groups in total. The van der Waals surface area contributed by atoms with Crippen LogP contribution in [0.3, 0.4) is 0 Å². The standard InChI is InChI=1S/C27H25FN2O3/c28-24-8-4-5-9-25(24)32-23-16-10-20(11-17-23)26-29-27(33-30-26)21-12-14-22(15-13-21)31-18-19-6-2-1-3-7-19/h1-3,6-7,10-17,24-25H,4-5,8-9,18H2. The van der Waals surface area contributed by atoms with Gasteiger partial charge in [0.1, 0.15) is 30.4 Å². The van der Waals surface area contributed by atoms with Crippen molar-refractivity contribution in [3.05, 3.63) is 84.4 Å². The molecule has 1 heterocycles. The molecule has 0 radical (unpaired) electrons. The summed E-state index contributed by atoms with van der Waals surface area (Å²) in [5.74, 6) is 2.35. The Labute approximate surface area is 192 Å². The lowest BCUT2D eigenvalue weighted by atomic mass is 9.96. The molecule has 0 amide bonds. The van der Waals surface area contributed by atoms with Crippen LogP contribution in [-0.2, 0) is 6.61 Å². The average molecular weight is 445 g/mol. The first-order valence-corrected chi connectivity index (χ1v) is 11.3. The smallest absolute Gasteiger partial charge is 0.258 e. The number of hydrogen-bond acceptors (Lipinski definition) is 5. The van der Waals surface area contributed by atoms with Gasteiger partial charge in [-0.25, -0.2) is 4.39 Å². The second-order valence-electron chi connectivity index (χ2n) is 8.20. The Morgan fingerprint density at radius 1 is 0.818 bits per heavy atom. The van der Waals surface area contributed by atoms with Crippen LogP contribution in [0.2, 0.25) is 0 Å². The maximum Gasteiger partial charge on any atom is 0.258 e. The Bertz CT molecular complexity index is 1160. The quantitative estimate of drug-likeness (QED) is 0.320. The molecule has 3 aromatic carbocycles. The summed E-state index contributed by atoms with van der Waals surface area (Å²) in [5, 5.41) is 4.10. The van der Waals surface area contributed by atoms with Crippen molar-refractivity contribution in [2.24, 2.45) is 0 Å². The molecule has 2 atom stereocenters. The SMILES string of the molecule is FC1CCCCC1Oc1ccc(-c2noc(-c3ccc(OCc4ccccc4)cc3)n2)cc1. The second kappa shape index (κ2) is 9.86. The molecule has 5 nitrogen and oxygen atoms in total. The van der Waals surface area contributed by atoms with E-state index in [1.807, 2.05) is 78.9 Å². The van der Waals surface area contributed by atoms with Crippen LogP contribution < -0.4 is 9.47 Å². The lowest BCUT2D eigenvalue weighted by Crippen LogP contribution is -2.31. The van der Waals surface area contributed by atoms with Crippen LogP contribution in [0.5, 0.6) is 11.5 Å². The first kappa shape index (κ1) is 21.2. The van der Waals surface area contributed by atoms with E-state index in [1.54, 1.807) is 0 Å². The van der Waals surface area contributed by atoms with E-state index in [0.29, 0.717) is 30.5 Å². The van der Waals surface area contributed by atoms with Crippen molar-refractivity contribution < 1.29 is 18.4 Å². The number of alkyl halides is 1. The van der Waals surface area contributed by atoms with Crippen LogP contribution in [0.15, 0.2) is 83.4 Å². The van der Waals surface area contributed by atoms with E-state index in [0.717, 1.165) is 41.7 Å². The second-order valence-corrected chi connectivity index (χ2v) is 8.20. The van der Waals surface area contributed by atoms with E-state index < -0.39 is 6.17 Å². The van der Waals surface area contributed by atoms with E-state index >= 15 is 0 Å². The van der Waals surface area contributed by atoms with Gasteiger partial charge in [0.25, 0.3) is 5.89 Å². The van der Waals surface area contributed by atoms with Crippen LogP contribution in [0.1, 0.15) is 31.2 Å². The van der Waals surface area contributed by atoms with Crippen LogP contribution in [0.25, 0.3) is 22.8 Å².